The second kappa shape index (κ2) is 7.39. The summed E-state index contributed by atoms with van der Waals surface area (Å²) in [6, 6.07) is 12.4. The van der Waals surface area contributed by atoms with Gasteiger partial charge in [0.05, 0.1) is 37.7 Å². The van der Waals surface area contributed by atoms with Gasteiger partial charge in [0.15, 0.2) is 0 Å². The van der Waals surface area contributed by atoms with Gasteiger partial charge in [-0.1, -0.05) is 12.1 Å². The van der Waals surface area contributed by atoms with E-state index >= 15 is 0 Å². The molecule has 2 aromatic carbocycles. The lowest BCUT2D eigenvalue weighted by Crippen LogP contribution is -2.17. The molecule has 7 heteroatoms. The van der Waals surface area contributed by atoms with E-state index in [2.05, 4.69) is 20.5 Å². The van der Waals surface area contributed by atoms with Gasteiger partial charge in [-0.25, -0.2) is 10.4 Å². The van der Waals surface area contributed by atoms with Gasteiger partial charge in [-0.2, -0.15) is 5.10 Å². The number of carbonyl (C=O) groups is 1. The van der Waals surface area contributed by atoms with Crippen molar-refractivity contribution in [3.63, 3.8) is 0 Å². The summed E-state index contributed by atoms with van der Waals surface area (Å²) in [6.07, 6.45) is 3.03. The molecule has 25 heavy (non-hydrogen) atoms. The van der Waals surface area contributed by atoms with Crippen LogP contribution in [0.4, 0.5) is 0 Å². The molecule has 0 bridgehead atoms. The zero-order valence-electron chi connectivity index (χ0n) is 13.8. The average molecular weight is 336 g/mol. The van der Waals surface area contributed by atoms with Crippen LogP contribution in [0, 0.1) is 0 Å². The number of para-hydroxylation sites is 2. The Kier molecular flexibility index (Phi) is 4.84. The van der Waals surface area contributed by atoms with Crippen LogP contribution in [-0.2, 0) is 0 Å². The number of aromatic nitrogens is 2. The predicted molar refractivity (Wildman–Crippen MR) is 94.1 cm³/mol. The van der Waals surface area contributed by atoms with Crippen LogP contribution in [0.1, 0.15) is 16.1 Å². The van der Waals surface area contributed by atoms with E-state index in [1.165, 1.54) is 20.4 Å². The highest BCUT2D eigenvalue weighted by molar-refractivity contribution is 5.95. The number of carbonyl (C=O) groups excluding carboxylic acids is 1. The van der Waals surface area contributed by atoms with Gasteiger partial charge in [0.1, 0.15) is 17.2 Å². The summed E-state index contributed by atoms with van der Waals surface area (Å²) in [6.45, 7) is 0. The van der Waals surface area contributed by atoms with E-state index in [1.807, 2.05) is 24.3 Å². The number of fused-ring (bicyclic) bond motifs is 1. The molecular formula is C18H16N4O3. The van der Waals surface area contributed by atoms with Crippen LogP contribution in [0.15, 0.2) is 53.8 Å². The van der Waals surface area contributed by atoms with Crippen molar-refractivity contribution < 1.29 is 14.3 Å². The zero-order valence-corrected chi connectivity index (χ0v) is 13.8. The van der Waals surface area contributed by atoms with Crippen LogP contribution >= 0.6 is 0 Å². The Bertz CT molecular complexity index is 918. The summed E-state index contributed by atoms with van der Waals surface area (Å²) in [7, 11) is 3.04. The average Bonchev–Trinajstić information content (AvgIpc) is 2.67. The van der Waals surface area contributed by atoms with E-state index in [9.17, 15) is 4.79 Å². The van der Waals surface area contributed by atoms with Gasteiger partial charge in [0.2, 0.25) is 0 Å². The van der Waals surface area contributed by atoms with Gasteiger partial charge >= 0.3 is 0 Å². The molecule has 3 aromatic rings. The molecule has 126 valence electrons. The van der Waals surface area contributed by atoms with E-state index in [4.69, 9.17) is 9.47 Å². The highest BCUT2D eigenvalue weighted by Gasteiger charge is 2.09. The number of hydrogen-bond acceptors (Lipinski definition) is 6. The molecule has 7 nitrogen and oxygen atoms in total. The molecule has 0 radical (unpaired) electrons. The number of methoxy groups -OCH3 is 2. The van der Waals surface area contributed by atoms with Crippen LogP contribution in [0.3, 0.4) is 0 Å². The molecule has 1 heterocycles. The van der Waals surface area contributed by atoms with Crippen LogP contribution < -0.4 is 14.9 Å². The van der Waals surface area contributed by atoms with Crippen molar-refractivity contribution in [3.8, 4) is 11.5 Å². The minimum atomic E-state index is -0.387. The van der Waals surface area contributed by atoms with E-state index in [0.29, 0.717) is 22.8 Å². The number of rotatable bonds is 5. The van der Waals surface area contributed by atoms with E-state index in [1.54, 1.807) is 24.4 Å². The van der Waals surface area contributed by atoms with Gasteiger partial charge in [0.25, 0.3) is 5.91 Å². The van der Waals surface area contributed by atoms with Gasteiger partial charge < -0.3 is 9.47 Å². The van der Waals surface area contributed by atoms with Crippen molar-refractivity contribution in [2.45, 2.75) is 0 Å². The predicted octanol–water partition coefficient (Wildman–Crippen LogP) is 2.41. The number of benzene rings is 2. The quantitative estimate of drug-likeness (QED) is 0.571. The van der Waals surface area contributed by atoms with Crippen molar-refractivity contribution >= 4 is 23.2 Å². The van der Waals surface area contributed by atoms with Crippen LogP contribution in [0.25, 0.3) is 11.0 Å². The lowest BCUT2D eigenvalue weighted by atomic mass is 10.2. The molecule has 0 saturated heterocycles. The molecule has 0 unspecified atom stereocenters. The minimum absolute atomic E-state index is 0.373. The lowest BCUT2D eigenvalue weighted by Gasteiger charge is -2.07. The smallest absolute Gasteiger partial charge is 0.271 e. The van der Waals surface area contributed by atoms with Crippen molar-refractivity contribution in [3.05, 3.63) is 59.9 Å². The Morgan fingerprint density at radius 2 is 1.76 bits per heavy atom. The number of nitrogens with zero attached hydrogens (tertiary/aromatic N) is 3. The number of nitrogens with one attached hydrogen (secondary N) is 1. The Morgan fingerprint density at radius 3 is 2.44 bits per heavy atom. The number of hydrogen-bond donors (Lipinski definition) is 1. The first-order valence-electron chi connectivity index (χ1n) is 7.48. The molecule has 3 rings (SSSR count). The third-order valence-electron chi connectivity index (χ3n) is 3.44. The maximum atomic E-state index is 12.2. The molecule has 0 aliphatic carbocycles. The fourth-order valence-corrected chi connectivity index (χ4v) is 2.19. The summed E-state index contributed by atoms with van der Waals surface area (Å²) in [5.74, 6) is 0.657. The van der Waals surface area contributed by atoms with Gasteiger partial charge in [-0.05, 0) is 24.3 Å². The summed E-state index contributed by atoms with van der Waals surface area (Å²) in [5, 5.41) is 3.93. The topological polar surface area (TPSA) is 85.7 Å². The molecule has 0 atom stereocenters. The first kappa shape index (κ1) is 16.4. The third-order valence-corrected chi connectivity index (χ3v) is 3.44. The summed E-state index contributed by atoms with van der Waals surface area (Å²) < 4.78 is 10.3. The van der Waals surface area contributed by atoms with Crippen molar-refractivity contribution in [2.75, 3.05) is 14.2 Å². The third kappa shape index (κ3) is 3.89. The highest BCUT2D eigenvalue weighted by atomic mass is 16.5. The standard InChI is InChI=1S/C18H16N4O3/c1-24-14-7-12(8-15(9-14)25-2)18(23)22-20-11-13-10-19-16-5-3-4-6-17(16)21-13/h3-11H,1-2H3,(H,22,23)/b20-11-. The Morgan fingerprint density at radius 1 is 1.08 bits per heavy atom. The zero-order chi connectivity index (χ0) is 17.6. The number of ether oxygens (including phenoxy) is 2. The van der Waals surface area contributed by atoms with Gasteiger partial charge in [-0.15, -0.1) is 0 Å². The summed E-state index contributed by atoms with van der Waals surface area (Å²) >= 11 is 0. The molecule has 0 spiro atoms. The second-order valence-corrected chi connectivity index (χ2v) is 5.08. The molecule has 0 saturated carbocycles. The van der Waals surface area contributed by atoms with Crippen LogP contribution in [0.2, 0.25) is 0 Å². The molecule has 0 aliphatic rings. The molecule has 1 aromatic heterocycles. The normalized spacial score (nSPS) is 10.8. The minimum Gasteiger partial charge on any atom is -0.497 e. The first-order chi connectivity index (χ1) is 12.2. The second-order valence-electron chi connectivity index (χ2n) is 5.08. The SMILES string of the molecule is COc1cc(OC)cc(C(=O)N/N=C\c2cnc3ccccc3n2)c1. The van der Waals surface area contributed by atoms with Crippen LogP contribution in [-0.4, -0.2) is 36.3 Å². The fraction of sp³-hybridized carbons (Fsp3) is 0.111. The summed E-state index contributed by atoms with van der Waals surface area (Å²) in [4.78, 5) is 20.9. The number of hydrazone groups is 1. The fourth-order valence-electron chi connectivity index (χ4n) is 2.19. The summed E-state index contributed by atoms with van der Waals surface area (Å²) in [5.41, 5.74) is 4.92. The van der Waals surface area contributed by atoms with Crippen LogP contribution in [0.5, 0.6) is 11.5 Å². The molecule has 1 amide bonds. The van der Waals surface area contributed by atoms with Crippen molar-refractivity contribution in [2.24, 2.45) is 5.10 Å². The molecular weight excluding hydrogens is 320 g/mol. The monoisotopic (exact) mass is 336 g/mol. The molecule has 1 N–H and O–H groups in total. The Labute approximate surface area is 144 Å². The first-order valence-corrected chi connectivity index (χ1v) is 7.48. The number of amides is 1. The highest BCUT2D eigenvalue weighted by Crippen LogP contribution is 2.22. The van der Waals surface area contributed by atoms with E-state index in [-0.39, 0.29) is 5.91 Å². The maximum Gasteiger partial charge on any atom is 0.271 e. The maximum absolute atomic E-state index is 12.2. The largest absolute Gasteiger partial charge is 0.497 e. The Hall–Kier alpha value is -3.48. The van der Waals surface area contributed by atoms with Gasteiger partial charge in [-0.3, -0.25) is 9.78 Å². The molecule has 0 aliphatic heterocycles. The van der Waals surface area contributed by atoms with E-state index in [0.717, 1.165) is 11.0 Å². The van der Waals surface area contributed by atoms with Crippen molar-refractivity contribution in [1.82, 2.24) is 15.4 Å². The van der Waals surface area contributed by atoms with E-state index < -0.39 is 0 Å². The van der Waals surface area contributed by atoms with Crippen molar-refractivity contribution in [1.29, 1.82) is 0 Å². The lowest BCUT2D eigenvalue weighted by molar-refractivity contribution is 0.0954. The Balaban J connectivity index is 1.73. The molecule has 0 fully saturated rings. The van der Waals surface area contributed by atoms with Gasteiger partial charge in [0, 0.05) is 11.6 Å².